The maximum Gasteiger partial charge on any atom is 0.130 e. The highest BCUT2D eigenvalue weighted by molar-refractivity contribution is 7.65. The molecule has 0 atom stereocenters. The molecule has 26 heavy (non-hydrogen) atoms. The van der Waals surface area contributed by atoms with Crippen molar-refractivity contribution in [2.75, 3.05) is 12.3 Å². The monoisotopic (exact) mass is 380 g/mol. The molecule has 0 aromatic heterocycles. The summed E-state index contributed by atoms with van der Waals surface area (Å²) in [6.07, 6.45) is 21.3. The Morgan fingerprint density at radius 1 is 0.615 bits per heavy atom. The summed E-state index contributed by atoms with van der Waals surface area (Å²) in [5.41, 5.74) is 0. The number of unbranched alkanes of at least 4 members (excludes halogenated alkanes) is 12. The molecule has 0 aliphatic rings. The first-order valence-corrected chi connectivity index (χ1v) is 13.0. The fourth-order valence-corrected chi connectivity index (χ4v) is 6.17. The molecule has 0 N–H and O–H groups in total. The molecule has 150 valence electrons. The largest absolute Gasteiger partial charge is 0.206 e. The highest BCUT2D eigenvalue weighted by atomic mass is 31.1. The number of hydrogen-bond acceptors (Lipinski definition) is 0. The van der Waals surface area contributed by atoms with E-state index in [-0.39, 0.29) is 13.7 Å². The van der Waals surface area contributed by atoms with Crippen LogP contribution in [0.4, 0.5) is 4.39 Å². The van der Waals surface area contributed by atoms with Crippen molar-refractivity contribution in [2.45, 2.75) is 104 Å². The van der Waals surface area contributed by atoms with Gasteiger partial charge in [-0.3, -0.25) is 0 Å². The zero-order chi connectivity index (χ0) is 18.9. The fourth-order valence-electron chi connectivity index (χ4n) is 3.58. The van der Waals surface area contributed by atoms with E-state index in [4.69, 9.17) is 0 Å². The maximum absolute atomic E-state index is 14.3. The molecule has 0 aliphatic carbocycles. The summed E-state index contributed by atoms with van der Waals surface area (Å²) in [4.78, 5) is 0. The normalized spacial score (nSPS) is 11.4. The second-order valence-electron chi connectivity index (χ2n) is 7.68. The second-order valence-corrected chi connectivity index (χ2v) is 10.1. The molecule has 0 aliphatic heterocycles. The minimum atomic E-state index is -0.307. The third-order valence-electron chi connectivity index (χ3n) is 5.26. The Morgan fingerprint density at radius 3 is 1.50 bits per heavy atom. The van der Waals surface area contributed by atoms with Crippen LogP contribution in [0.15, 0.2) is 24.3 Å². The quantitative estimate of drug-likeness (QED) is 0.188. The van der Waals surface area contributed by atoms with Gasteiger partial charge >= 0.3 is 0 Å². The van der Waals surface area contributed by atoms with Crippen LogP contribution in [0.25, 0.3) is 0 Å². The van der Waals surface area contributed by atoms with Gasteiger partial charge in [0.2, 0.25) is 0 Å². The summed E-state index contributed by atoms with van der Waals surface area (Å²) in [6.45, 7) is 4.54. The van der Waals surface area contributed by atoms with Gasteiger partial charge in [0, 0.05) is 5.30 Å². The molecule has 0 saturated heterocycles. The molecule has 0 saturated carbocycles. The first-order chi connectivity index (χ1) is 12.8. The van der Waals surface area contributed by atoms with Gasteiger partial charge in [0.05, 0.1) is 0 Å². The lowest BCUT2D eigenvalue weighted by Crippen LogP contribution is -2.11. The molecule has 0 heterocycles. The van der Waals surface area contributed by atoms with Gasteiger partial charge < -0.3 is 0 Å². The maximum atomic E-state index is 14.3. The molecule has 0 fully saturated rings. The van der Waals surface area contributed by atoms with E-state index in [1.54, 1.807) is 6.07 Å². The molecule has 0 spiro atoms. The lowest BCUT2D eigenvalue weighted by molar-refractivity contribution is 0.600. The van der Waals surface area contributed by atoms with E-state index in [1.165, 1.54) is 102 Å². The van der Waals surface area contributed by atoms with E-state index >= 15 is 0 Å². The molecule has 0 nitrogen and oxygen atoms in total. The van der Waals surface area contributed by atoms with E-state index in [9.17, 15) is 4.39 Å². The smallest absolute Gasteiger partial charge is 0.130 e. The Kier molecular flexibility index (Phi) is 15.2. The molecule has 0 bridgehead atoms. The summed E-state index contributed by atoms with van der Waals surface area (Å²) >= 11 is 0. The van der Waals surface area contributed by atoms with Crippen LogP contribution in [0, 0.1) is 5.82 Å². The van der Waals surface area contributed by atoms with E-state index < -0.39 is 0 Å². The van der Waals surface area contributed by atoms with Gasteiger partial charge in [-0.05, 0) is 31.2 Å². The predicted molar refractivity (Wildman–Crippen MR) is 119 cm³/mol. The number of benzene rings is 1. The molecule has 0 radical (unpaired) electrons. The first kappa shape index (κ1) is 23.6. The Bertz CT molecular complexity index is 414. The fraction of sp³-hybridized carbons (Fsp3) is 0.750. The van der Waals surface area contributed by atoms with E-state index in [0.29, 0.717) is 0 Å². The summed E-state index contributed by atoms with van der Waals surface area (Å²) in [5.74, 6) is 0.0319. The summed E-state index contributed by atoms with van der Waals surface area (Å²) in [6, 6.07) is 7.54. The van der Waals surface area contributed by atoms with Crippen molar-refractivity contribution in [3.05, 3.63) is 30.1 Å². The van der Waals surface area contributed by atoms with Crippen LogP contribution in [-0.4, -0.2) is 12.3 Å². The highest BCUT2D eigenvalue weighted by Crippen LogP contribution is 2.38. The molecule has 0 amide bonds. The van der Waals surface area contributed by atoms with Crippen molar-refractivity contribution >= 4 is 13.2 Å². The van der Waals surface area contributed by atoms with Crippen molar-refractivity contribution < 1.29 is 4.39 Å². The SMILES string of the molecule is CCCCCCCCCP(CCCCCCCCC)c1ccccc1F. The van der Waals surface area contributed by atoms with Crippen molar-refractivity contribution in [2.24, 2.45) is 0 Å². The lowest BCUT2D eigenvalue weighted by atomic mass is 10.1. The molecular formula is C24H42FP. The highest BCUT2D eigenvalue weighted by Gasteiger charge is 2.14. The van der Waals surface area contributed by atoms with Crippen LogP contribution in [0.2, 0.25) is 0 Å². The summed E-state index contributed by atoms with van der Waals surface area (Å²) in [5, 5.41) is 1.03. The molecule has 1 rings (SSSR count). The first-order valence-electron chi connectivity index (χ1n) is 11.3. The van der Waals surface area contributed by atoms with Crippen LogP contribution in [0.5, 0.6) is 0 Å². The number of hydrogen-bond donors (Lipinski definition) is 0. The van der Waals surface area contributed by atoms with Crippen molar-refractivity contribution in [3.63, 3.8) is 0 Å². The molecule has 0 unspecified atom stereocenters. The average molecular weight is 381 g/mol. The summed E-state index contributed by atoms with van der Waals surface area (Å²) in [7, 11) is -0.307. The lowest BCUT2D eigenvalue weighted by Gasteiger charge is -2.19. The van der Waals surface area contributed by atoms with Gasteiger partial charge in [-0.15, -0.1) is 0 Å². The minimum Gasteiger partial charge on any atom is -0.206 e. The molecule has 1 aromatic rings. The zero-order valence-corrected chi connectivity index (χ0v) is 18.3. The Hall–Kier alpha value is -0.420. The van der Waals surface area contributed by atoms with E-state index in [0.717, 1.165) is 5.30 Å². The van der Waals surface area contributed by atoms with Gasteiger partial charge in [0.25, 0.3) is 0 Å². The van der Waals surface area contributed by atoms with Crippen molar-refractivity contribution in [1.29, 1.82) is 0 Å². The van der Waals surface area contributed by atoms with Crippen LogP contribution >= 0.6 is 7.92 Å². The van der Waals surface area contributed by atoms with Crippen LogP contribution in [0.3, 0.4) is 0 Å². The summed E-state index contributed by atoms with van der Waals surface area (Å²) < 4.78 is 14.3. The number of rotatable bonds is 17. The standard InChI is InChI=1S/C24H42FP/c1-3-5-7-9-11-13-17-21-26(24-20-16-15-19-23(24)25)22-18-14-12-10-8-6-4-2/h15-16,19-20H,3-14,17-18,21-22H2,1-2H3. The van der Waals surface area contributed by atoms with Crippen LogP contribution in [0.1, 0.15) is 104 Å². The van der Waals surface area contributed by atoms with Gasteiger partial charge in [-0.1, -0.05) is 117 Å². The minimum absolute atomic E-state index is 0.0319. The molecule has 1 aromatic carbocycles. The third kappa shape index (κ3) is 11.3. The molecular weight excluding hydrogens is 338 g/mol. The van der Waals surface area contributed by atoms with Crippen LogP contribution in [-0.2, 0) is 0 Å². The van der Waals surface area contributed by atoms with Crippen LogP contribution < -0.4 is 5.30 Å². The number of halogens is 1. The van der Waals surface area contributed by atoms with Gasteiger partial charge in [-0.2, -0.15) is 0 Å². The topological polar surface area (TPSA) is 0 Å². The van der Waals surface area contributed by atoms with E-state index in [1.807, 2.05) is 18.2 Å². The average Bonchev–Trinajstić information content (AvgIpc) is 2.65. The van der Waals surface area contributed by atoms with Gasteiger partial charge in [-0.25, -0.2) is 4.39 Å². The Labute approximate surface area is 164 Å². The second kappa shape index (κ2) is 16.7. The van der Waals surface area contributed by atoms with Crippen molar-refractivity contribution in [3.8, 4) is 0 Å². The zero-order valence-electron chi connectivity index (χ0n) is 17.4. The van der Waals surface area contributed by atoms with E-state index in [2.05, 4.69) is 13.8 Å². The van der Waals surface area contributed by atoms with Crippen molar-refractivity contribution in [1.82, 2.24) is 0 Å². The molecule has 2 heteroatoms. The van der Waals surface area contributed by atoms with Gasteiger partial charge in [0.15, 0.2) is 0 Å². The Balaban J connectivity index is 2.32. The third-order valence-corrected chi connectivity index (χ3v) is 8.01. The Morgan fingerprint density at radius 2 is 1.04 bits per heavy atom. The van der Waals surface area contributed by atoms with Gasteiger partial charge in [0.1, 0.15) is 5.82 Å². The predicted octanol–water partition coefficient (Wildman–Crippen LogP) is 8.43.